The maximum Gasteiger partial charge on any atom is 0.338 e. The number of unbranched alkanes of at least 4 members (excludes halogenated alkanes) is 1. The van der Waals surface area contributed by atoms with Gasteiger partial charge in [-0.25, -0.2) is 13.2 Å². The summed E-state index contributed by atoms with van der Waals surface area (Å²) in [6.07, 6.45) is 2.79. The number of anilines is 2. The number of rotatable bonds is 9. The first kappa shape index (κ1) is 22.4. The first-order valence-corrected chi connectivity index (χ1v) is 11.2. The Hall–Kier alpha value is -2.87. The summed E-state index contributed by atoms with van der Waals surface area (Å²) in [4.78, 5) is 24.6. The van der Waals surface area contributed by atoms with Gasteiger partial charge in [0.1, 0.15) is 6.04 Å². The average Bonchev–Trinajstić information content (AvgIpc) is 2.68. The molecule has 0 unspecified atom stereocenters. The normalized spacial score (nSPS) is 12.1. The number of esters is 1. The Morgan fingerprint density at radius 3 is 2.24 bits per heavy atom. The molecule has 0 radical (unpaired) electrons. The third-order valence-electron chi connectivity index (χ3n) is 4.22. The molecule has 0 aliphatic rings. The van der Waals surface area contributed by atoms with Crippen molar-refractivity contribution >= 4 is 33.3 Å². The highest BCUT2D eigenvalue weighted by molar-refractivity contribution is 7.92. The van der Waals surface area contributed by atoms with Crippen molar-refractivity contribution in [3.63, 3.8) is 0 Å². The predicted octanol–water partition coefficient (Wildman–Crippen LogP) is 3.44. The topological polar surface area (TPSA) is 92.8 Å². The van der Waals surface area contributed by atoms with Crippen LogP contribution in [-0.4, -0.2) is 39.2 Å². The van der Waals surface area contributed by atoms with E-state index in [-0.39, 0.29) is 0 Å². The van der Waals surface area contributed by atoms with E-state index in [0.717, 1.165) is 23.4 Å². The maximum atomic E-state index is 12.7. The summed E-state index contributed by atoms with van der Waals surface area (Å²) >= 11 is 0. The number of carbonyl (C=O) groups excluding carboxylic acids is 2. The summed E-state index contributed by atoms with van der Waals surface area (Å²) in [5, 5.41) is 2.69. The number of ether oxygens (including phenoxy) is 1. The van der Waals surface area contributed by atoms with Gasteiger partial charge < -0.3 is 10.1 Å². The van der Waals surface area contributed by atoms with Gasteiger partial charge in [0, 0.05) is 5.69 Å². The number of benzene rings is 2. The van der Waals surface area contributed by atoms with Crippen molar-refractivity contribution in [3.8, 4) is 0 Å². The highest BCUT2D eigenvalue weighted by atomic mass is 32.2. The van der Waals surface area contributed by atoms with Crippen molar-refractivity contribution in [3.05, 3.63) is 60.2 Å². The van der Waals surface area contributed by atoms with E-state index in [1.165, 1.54) is 6.92 Å². The van der Waals surface area contributed by atoms with E-state index in [2.05, 4.69) is 5.32 Å². The number of nitrogens with one attached hydrogen (secondary N) is 1. The van der Waals surface area contributed by atoms with E-state index in [9.17, 15) is 18.0 Å². The van der Waals surface area contributed by atoms with E-state index >= 15 is 0 Å². The fourth-order valence-electron chi connectivity index (χ4n) is 2.71. The van der Waals surface area contributed by atoms with E-state index in [4.69, 9.17) is 4.74 Å². The van der Waals surface area contributed by atoms with Gasteiger partial charge in [0.15, 0.2) is 0 Å². The number of sulfonamides is 1. The summed E-state index contributed by atoms with van der Waals surface area (Å²) < 4.78 is 30.7. The molecule has 0 saturated carbocycles. The lowest BCUT2D eigenvalue weighted by Gasteiger charge is -2.28. The molecule has 29 heavy (non-hydrogen) atoms. The molecular formula is C21H26N2O5S. The minimum absolute atomic E-state index is 0.367. The number of amides is 1. The first-order chi connectivity index (χ1) is 13.7. The zero-order valence-corrected chi connectivity index (χ0v) is 17.6. The lowest BCUT2D eigenvalue weighted by molar-refractivity contribution is -0.116. The first-order valence-electron chi connectivity index (χ1n) is 9.36. The van der Waals surface area contributed by atoms with Gasteiger partial charge >= 0.3 is 5.97 Å². The molecule has 1 atom stereocenters. The molecule has 156 valence electrons. The summed E-state index contributed by atoms with van der Waals surface area (Å²) in [7, 11) is -3.67. The van der Waals surface area contributed by atoms with Gasteiger partial charge in [-0.1, -0.05) is 31.5 Å². The van der Waals surface area contributed by atoms with Crippen LogP contribution in [0.4, 0.5) is 11.4 Å². The molecule has 1 amide bonds. The van der Waals surface area contributed by atoms with Crippen molar-refractivity contribution in [2.75, 3.05) is 22.5 Å². The Morgan fingerprint density at radius 2 is 1.69 bits per heavy atom. The van der Waals surface area contributed by atoms with E-state index in [1.807, 2.05) is 6.92 Å². The summed E-state index contributed by atoms with van der Waals surface area (Å²) in [5.41, 5.74) is 1.24. The largest absolute Gasteiger partial charge is 0.462 e. The van der Waals surface area contributed by atoms with E-state index < -0.39 is 27.9 Å². The quantitative estimate of drug-likeness (QED) is 0.497. The number of carbonyl (C=O) groups is 2. The molecular weight excluding hydrogens is 392 g/mol. The van der Waals surface area contributed by atoms with Crippen LogP contribution in [0.2, 0.25) is 0 Å². The van der Waals surface area contributed by atoms with Crippen molar-refractivity contribution in [2.24, 2.45) is 0 Å². The second-order valence-electron chi connectivity index (χ2n) is 6.63. The van der Waals surface area contributed by atoms with E-state index in [0.29, 0.717) is 23.5 Å². The van der Waals surface area contributed by atoms with Crippen LogP contribution < -0.4 is 9.62 Å². The van der Waals surface area contributed by atoms with Crippen molar-refractivity contribution < 1.29 is 22.7 Å². The summed E-state index contributed by atoms with van der Waals surface area (Å²) in [6.45, 7) is 3.89. The monoisotopic (exact) mass is 418 g/mol. The van der Waals surface area contributed by atoms with Crippen molar-refractivity contribution in [1.82, 2.24) is 0 Å². The number of hydrogen-bond acceptors (Lipinski definition) is 5. The molecule has 2 aromatic carbocycles. The molecule has 0 saturated heterocycles. The predicted molar refractivity (Wildman–Crippen MR) is 113 cm³/mol. The zero-order chi connectivity index (χ0) is 21.4. The van der Waals surface area contributed by atoms with Crippen LogP contribution in [0.3, 0.4) is 0 Å². The Labute approximate surface area is 171 Å². The van der Waals surface area contributed by atoms with Crippen molar-refractivity contribution in [1.29, 1.82) is 0 Å². The molecule has 0 spiro atoms. The third kappa shape index (κ3) is 6.32. The van der Waals surface area contributed by atoms with Gasteiger partial charge in [0.05, 0.1) is 24.1 Å². The minimum atomic E-state index is -3.67. The summed E-state index contributed by atoms with van der Waals surface area (Å²) in [6, 6.07) is 13.7. The molecule has 0 heterocycles. The molecule has 0 bridgehead atoms. The van der Waals surface area contributed by atoms with Crippen LogP contribution in [0, 0.1) is 0 Å². The van der Waals surface area contributed by atoms with Gasteiger partial charge in [0.25, 0.3) is 0 Å². The van der Waals surface area contributed by atoms with Crippen LogP contribution in [0.1, 0.15) is 37.0 Å². The fraction of sp³-hybridized carbons (Fsp3) is 0.333. The second-order valence-corrected chi connectivity index (χ2v) is 8.49. The van der Waals surface area contributed by atoms with Gasteiger partial charge in [-0.15, -0.1) is 0 Å². The van der Waals surface area contributed by atoms with Crippen LogP contribution in [0.15, 0.2) is 54.6 Å². The Balaban J connectivity index is 2.09. The standard InChI is InChI=1S/C21H26N2O5S/c1-4-5-15-28-21(25)17-11-13-18(14-12-17)22-20(24)16(2)23(29(3,26)27)19-9-7-6-8-10-19/h6-14,16H,4-5,15H2,1-3H3,(H,22,24)/t16-/m1/s1. The molecule has 2 aromatic rings. The molecule has 1 N–H and O–H groups in total. The fourth-order valence-corrected chi connectivity index (χ4v) is 3.89. The smallest absolute Gasteiger partial charge is 0.338 e. The number of nitrogens with zero attached hydrogens (tertiary/aromatic N) is 1. The second kappa shape index (κ2) is 10.1. The maximum absolute atomic E-state index is 12.7. The molecule has 7 nitrogen and oxygen atoms in total. The SMILES string of the molecule is CCCCOC(=O)c1ccc(NC(=O)[C@@H](C)N(c2ccccc2)S(C)(=O)=O)cc1. The van der Waals surface area contributed by atoms with E-state index in [1.54, 1.807) is 54.6 Å². The number of para-hydroxylation sites is 1. The Bertz CT molecular complexity index is 927. The highest BCUT2D eigenvalue weighted by Crippen LogP contribution is 2.21. The molecule has 2 rings (SSSR count). The van der Waals surface area contributed by atoms with Crippen molar-refractivity contribution in [2.45, 2.75) is 32.7 Å². The minimum Gasteiger partial charge on any atom is -0.462 e. The molecule has 0 fully saturated rings. The highest BCUT2D eigenvalue weighted by Gasteiger charge is 2.29. The zero-order valence-electron chi connectivity index (χ0n) is 16.8. The van der Waals surface area contributed by atoms with Gasteiger partial charge in [0.2, 0.25) is 15.9 Å². The van der Waals surface area contributed by atoms with Crippen LogP contribution in [0.5, 0.6) is 0 Å². The Kier molecular flexibility index (Phi) is 7.78. The molecule has 8 heteroatoms. The third-order valence-corrected chi connectivity index (χ3v) is 5.46. The van der Waals surface area contributed by atoms with Crippen LogP contribution >= 0.6 is 0 Å². The number of hydrogen-bond donors (Lipinski definition) is 1. The molecule has 0 aliphatic carbocycles. The van der Waals surface area contributed by atoms with Crippen LogP contribution in [-0.2, 0) is 19.6 Å². The lowest BCUT2D eigenvalue weighted by Crippen LogP contribution is -2.45. The average molecular weight is 419 g/mol. The summed E-state index contributed by atoms with van der Waals surface area (Å²) in [5.74, 6) is -0.908. The lowest BCUT2D eigenvalue weighted by atomic mass is 10.2. The van der Waals surface area contributed by atoms with Crippen LogP contribution in [0.25, 0.3) is 0 Å². The van der Waals surface area contributed by atoms with Gasteiger partial charge in [-0.05, 0) is 49.7 Å². The molecule has 0 aromatic heterocycles. The van der Waals surface area contributed by atoms with Gasteiger partial charge in [-0.2, -0.15) is 0 Å². The Morgan fingerprint density at radius 1 is 1.07 bits per heavy atom. The van der Waals surface area contributed by atoms with Gasteiger partial charge in [-0.3, -0.25) is 9.10 Å². The molecule has 0 aliphatic heterocycles.